The Balaban J connectivity index is 1.53. The molecule has 0 aliphatic carbocycles. The van der Waals surface area contributed by atoms with Crippen LogP contribution in [0.5, 0.6) is 0 Å². The van der Waals surface area contributed by atoms with Gasteiger partial charge in [-0.15, -0.1) is 0 Å². The maximum Gasteiger partial charge on any atom is 0.0862 e. The molecule has 0 unspecified atom stereocenters. The molecule has 2 heterocycles. The minimum atomic E-state index is -0.396. The third-order valence-corrected chi connectivity index (χ3v) is 4.60. The van der Waals surface area contributed by atoms with Crippen molar-refractivity contribution in [2.75, 3.05) is 31.6 Å². The molecule has 1 N–H and O–H groups in total. The van der Waals surface area contributed by atoms with Crippen LogP contribution in [-0.2, 0) is 6.54 Å². The van der Waals surface area contributed by atoms with Gasteiger partial charge in [-0.2, -0.15) is 5.10 Å². The van der Waals surface area contributed by atoms with Crippen molar-refractivity contribution in [3.63, 3.8) is 0 Å². The van der Waals surface area contributed by atoms with Crippen molar-refractivity contribution in [1.29, 1.82) is 0 Å². The molecule has 1 fully saturated rings. The summed E-state index contributed by atoms with van der Waals surface area (Å²) in [5, 5.41) is 14.4. The Morgan fingerprint density at radius 3 is 2.87 bits per heavy atom. The molecule has 0 spiro atoms. The van der Waals surface area contributed by atoms with Crippen LogP contribution >= 0.6 is 0 Å². The van der Waals surface area contributed by atoms with E-state index in [4.69, 9.17) is 0 Å². The standard InChI is InChI=1S/C18H26N4O/c1-20(14-18(23)15-22-12-6-10-19-22)17-9-5-11-21(13-17)16-7-3-2-4-8-16/h2-4,6-8,10,12,17-18,23H,5,9,11,13-15H2,1H3/t17-,18-/m0/s1. The van der Waals surface area contributed by atoms with Gasteiger partial charge < -0.3 is 10.0 Å². The molecule has 2 atom stereocenters. The number of aliphatic hydroxyl groups excluding tert-OH is 1. The number of anilines is 1. The zero-order valence-electron chi connectivity index (χ0n) is 13.8. The molecule has 23 heavy (non-hydrogen) atoms. The van der Waals surface area contributed by atoms with E-state index in [0.29, 0.717) is 19.1 Å². The highest BCUT2D eigenvalue weighted by atomic mass is 16.3. The van der Waals surface area contributed by atoms with Crippen LogP contribution in [-0.4, -0.2) is 58.6 Å². The smallest absolute Gasteiger partial charge is 0.0862 e. The molecular formula is C18H26N4O. The van der Waals surface area contributed by atoms with E-state index in [1.165, 1.54) is 18.5 Å². The molecule has 0 amide bonds. The SMILES string of the molecule is CN(C[C@H](O)Cn1cccn1)[C@H]1CCCN(c2ccccc2)C1. The number of hydrogen-bond donors (Lipinski definition) is 1. The van der Waals surface area contributed by atoms with E-state index in [1.807, 2.05) is 12.3 Å². The Bertz CT molecular complexity index is 572. The van der Waals surface area contributed by atoms with Gasteiger partial charge in [-0.25, -0.2) is 0 Å². The Labute approximate surface area is 138 Å². The van der Waals surface area contributed by atoms with Crippen LogP contribution in [0.2, 0.25) is 0 Å². The lowest BCUT2D eigenvalue weighted by Crippen LogP contribution is -2.49. The van der Waals surface area contributed by atoms with Crippen molar-refractivity contribution in [2.45, 2.75) is 31.5 Å². The highest BCUT2D eigenvalue weighted by Crippen LogP contribution is 2.21. The quantitative estimate of drug-likeness (QED) is 0.884. The number of hydrogen-bond acceptors (Lipinski definition) is 4. The van der Waals surface area contributed by atoms with Crippen LogP contribution in [0.4, 0.5) is 5.69 Å². The van der Waals surface area contributed by atoms with Gasteiger partial charge in [0, 0.05) is 43.8 Å². The van der Waals surface area contributed by atoms with Crippen molar-refractivity contribution in [3.05, 3.63) is 48.8 Å². The van der Waals surface area contributed by atoms with Gasteiger partial charge in [0.25, 0.3) is 0 Å². The molecule has 1 saturated heterocycles. The number of nitrogens with zero attached hydrogens (tertiary/aromatic N) is 4. The lowest BCUT2D eigenvalue weighted by atomic mass is 10.0. The summed E-state index contributed by atoms with van der Waals surface area (Å²) in [6.07, 6.45) is 5.62. The third-order valence-electron chi connectivity index (χ3n) is 4.60. The Hall–Kier alpha value is -1.85. The molecular weight excluding hydrogens is 288 g/mol. The maximum atomic E-state index is 10.3. The summed E-state index contributed by atoms with van der Waals surface area (Å²) in [6.45, 7) is 3.36. The molecule has 5 nitrogen and oxygen atoms in total. The summed E-state index contributed by atoms with van der Waals surface area (Å²) in [4.78, 5) is 4.74. The fourth-order valence-corrected chi connectivity index (χ4v) is 3.35. The number of piperidine rings is 1. The molecule has 124 valence electrons. The van der Waals surface area contributed by atoms with Crippen molar-refractivity contribution in [2.24, 2.45) is 0 Å². The first-order valence-electron chi connectivity index (χ1n) is 8.38. The van der Waals surface area contributed by atoms with E-state index in [1.54, 1.807) is 10.9 Å². The summed E-state index contributed by atoms with van der Waals surface area (Å²) < 4.78 is 1.79. The number of likely N-dealkylation sites (N-methyl/N-ethyl adjacent to an activating group) is 1. The lowest BCUT2D eigenvalue weighted by molar-refractivity contribution is 0.0835. The third kappa shape index (κ3) is 4.33. The van der Waals surface area contributed by atoms with E-state index in [0.717, 1.165) is 13.1 Å². The number of benzene rings is 1. The average Bonchev–Trinajstić information content (AvgIpc) is 3.08. The fourth-order valence-electron chi connectivity index (χ4n) is 3.35. The molecule has 1 aromatic heterocycles. The van der Waals surface area contributed by atoms with Gasteiger partial charge in [-0.3, -0.25) is 9.58 Å². The number of aromatic nitrogens is 2. The lowest BCUT2D eigenvalue weighted by Gasteiger charge is -2.39. The zero-order valence-corrected chi connectivity index (χ0v) is 13.8. The van der Waals surface area contributed by atoms with Gasteiger partial charge in [-0.05, 0) is 38.1 Å². The summed E-state index contributed by atoms with van der Waals surface area (Å²) >= 11 is 0. The molecule has 2 aromatic rings. The predicted molar refractivity (Wildman–Crippen MR) is 92.5 cm³/mol. The number of rotatable bonds is 6. The molecule has 0 bridgehead atoms. The Morgan fingerprint density at radius 1 is 1.30 bits per heavy atom. The van der Waals surface area contributed by atoms with E-state index < -0.39 is 6.10 Å². The summed E-state index contributed by atoms with van der Waals surface area (Å²) in [5.74, 6) is 0. The normalized spacial score (nSPS) is 20.0. The van der Waals surface area contributed by atoms with Gasteiger partial charge in [0.05, 0.1) is 12.6 Å². The number of para-hydroxylation sites is 1. The van der Waals surface area contributed by atoms with Gasteiger partial charge in [0.15, 0.2) is 0 Å². The second-order valence-electron chi connectivity index (χ2n) is 6.40. The fraction of sp³-hybridized carbons (Fsp3) is 0.500. The molecule has 3 rings (SSSR count). The predicted octanol–water partition coefficient (Wildman–Crippen LogP) is 1.84. The molecule has 0 saturated carbocycles. The summed E-state index contributed by atoms with van der Waals surface area (Å²) in [6, 6.07) is 13.0. The second-order valence-corrected chi connectivity index (χ2v) is 6.40. The molecule has 1 aromatic carbocycles. The van der Waals surface area contributed by atoms with Crippen LogP contribution in [0.15, 0.2) is 48.8 Å². The highest BCUT2D eigenvalue weighted by Gasteiger charge is 2.24. The van der Waals surface area contributed by atoms with Crippen molar-refractivity contribution in [3.8, 4) is 0 Å². The summed E-state index contributed by atoms with van der Waals surface area (Å²) in [5.41, 5.74) is 1.29. The van der Waals surface area contributed by atoms with Crippen molar-refractivity contribution >= 4 is 5.69 Å². The topological polar surface area (TPSA) is 44.5 Å². The minimum absolute atomic E-state index is 0.396. The van der Waals surface area contributed by atoms with Crippen molar-refractivity contribution in [1.82, 2.24) is 14.7 Å². The maximum absolute atomic E-state index is 10.3. The Morgan fingerprint density at radius 2 is 2.13 bits per heavy atom. The minimum Gasteiger partial charge on any atom is -0.390 e. The van der Waals surface area contributed by atoms with Crippen LogP contribution in [0, 0.1) is 0 Å². The van der Waals surface area contributed by atoms with E-state index in [-0.39, 0.29) is 0 Å². The average molecular weight is 314 g/mol. The van der Waals surface area contributed by atoms with Crippen LogP contribution in [0.25, 0.3) is 0 Å². The van der Waals surface area contributed by atoms with Gasteiger partial charge in [0.1, 0.15) is 0 Å². The van der Waals surface area contributed by atoms with E-state index >= 15 is 0 Å². The van der Waals surface area contributed by atoms with Crippen LogP contribution < -0.4 is 4.90 Å². The van der Waals surface area contributed by atoms with Gasteiger partial charge in [-0.1, -0.05) is 18.2 Å². The van der Waals surface area contributed by atoms with Crippen LogP contribution in [0.3, 0.4) is 0 Å². The van der Waals surface area contributed by atoms with Crippen LogP contribution in [0.1, 0.15) is 12.8 Å². The highest BCUT2D eigenvalue weighted by molar-refractivity contribution is 5.46. The molecule has 0 radical (unpaired) electrons. The Kier molecular flexibility index (Phi) is 5.31. The number of aliphatic hydroxyl groups is 1. The molecule has 1 aliphatic rings. The van der Waals surface area contributed by atoms with Crippen molar-refractivity contribution < 1.29 is 5.11 Å². The van der Waals surface area contributed by atoms with E-state index in [2.05, 4.69) is 52.3 Å². The van der Waals surface area contributed by atoms with Gasteiger partial charge >= 0.3 is 0 Å². The second kappa shape index (κ2) is 7.62. The zero-order chi connectivity index (χ0) is 16.1. The monoisotopic (exact) mass is 314 g/mol. The first-order chi connectivity index (χ1) is 11.2. The molecule has 1 aliphatic heterocycles. The summed E-state index contributed by atoms with van der Waals surface area (Å²) in [7, 11) is 2.12. The van der Waals surface area contributed by atoms with Gasteiger partial charge in [0.2, 0.25) is 0 Å². The first-order valence-corrected chi connectivity index (χ1v) is 8.38. The largest absolute Gasteiger partial charge is 0.390 e. The first kappa shape index (κ1) is 16.0. The van der Waals surface area contributed by atoms with E-state index in [9.17, 15) is 5.11 Å². The molecule has 5 heteroatoms.